The highest BCUT2D eigenvalue weighted by Crippen LogP contribution is 2.33. The SMILES string of the molecule is Cc1ccc(O[Si](C)(C)C)c(C(C)(C)C)c1. The number of benzene rings is 1. The van der Waals surface area contributed by atoms with Crippen molar-refractivity contribution < 1.29 is 4.43 Å². The van der Waals surface area contributed by atoms with Gasteiger partial charge in [-0.2, -0.15) is 0 Å². The van der Waals surface area contributed by atoms with Gasteiger partial charge in [0.2, 0.25) is 8.32 Å². The van der Waals surface area contributed by atoms with Gasteiger partial charge in [0.15, 0.2) is 0 Å². The summed E-state index contributed by atoms with van der Waals surface area (Å²) in [6.45, 7) is 15.5. The Balaban J connectivity index is 3.19. The van der Waals surface area contributed by atoms with Crippen LogP contribution in [0.25, 0.3) is 0 Å². The van der Waals surface area contributed by atoms with Crippen molar-refractivity contribution in [2.45, 2.75) is 52.8 Å². The summed E-state index contributed by atoms with van der Waals surface area (Å²) in [6.07, 6.45) is 0. The van der Waals surface area contributed by atoms with Gasteiger partial charge in [-0.3, -0.25) is 0 Å². The van der Waals surface area contributed by atoms with E-state index in [1.165, 1.54) is 11.1 Å². The lowest BCUT2D eigenvalue weighted by atomic mass is 9.85. The van der Waals surface area contributed by atoms with Gasteiger partial charge in [0.25, 0.3) is 0 Å². The average Bonchev–Trinajstić information content (AvgIpc) is 2.04. The quantitative estimate of drug-likeness (QED) is 0.687. The third kappa shape index (κ3) is 3.67. The van der Waals surface area contributed by atoms with Crippen LogP contribution in [0.1, 0.15) is 31.9 Å². The fourth-order valence-electron chi connectivity index (χ4n) is 1.65. The van der Waals surface area contributed by atoms with Crippen LogP contribution in [-0.4, -0.2) is 8.32 Å². The molecule has 0 aliphatic heterocycles. The van der Waals surface area contributed by atoms with Crippen LogP contribution in [0, 0.1) is 6.92 Å². The molecule has 0 atom stereocenters. The first-order valence-electron chi connectivity index (χ1n) is 5.90. The maximum atomic E-state index is 6.15. The summed E-state index contributed by atoms with van der Waals surface area (Å²) in [5, 5.41) is 0. The molecule has 0 spiro atoms. The highest BCUT2D eigenvalue weighted by molar-refractivity contribution is 6.70. The van der Waals surface area contributed by atoms with Gasteiger partial charge in [0.05, 0.1) is 0 Å². The van der Waals surface area contributed by atoms with E-state index < -0.39 is 8.32 Å². The first-order valence-corrected chi connectivity index (χ1v) is 9.30. The molecule has 0 radical (unpaired) electrons. The number of hydrogen-bond acceptors (Lipinski definition) is 1. The molecule has 0 bridgehead atoms. The normalized spacial score (nSPS) is 12.7. The highest BCUT2D eigenvalue weighted by Gasteiger charge is 2.23. The molecule has 1 rings (SSSR count). The molecule has 90 valence electrons. The van der Waals surface area contributed by atoms with Crippen molar-refractivity contribution in [1.29, 1.82) is 0 Å². The number of aryl methyl sites for hydroxylation is 1. The highest BCUT2D eigenvalue weighted by atomic mass is 28.4. The van der Waals surface area contributed by atoms with Gasteiger partial charge in [-0.25, -0.2) is 0 Å². The van der Waals surface area contributed by atoms with Crippen LogP contribution in [0.3, 0.4) is 0 Å². The first-order chi connectivity index (χ1) is 7.09. The van der Waals surface area contributed by atoms with Crippen LogP contribution in [0.4, 0.5) is 0 Å². The summed E-state index contributed by atoms with van der Waals surface area (Å²) in [5.41, 5.74) is 2.75. The Hall–Kier alpha value is -0.763. The van der Waals surface area contributed by atoms with Gasteiger partial charge in [-0.1, -0.05) is 38.5 Å². The molecule has 0 unspecified atom stereocenters. The second-order valence-electron chi connectivity index (χ2n) is 6.46. The molecule has 0 aliphatic rings. The zero-order chi connectivity index (χ0) is 12.6. The first kappa shape index (κ1) is 13.3. The van der Waals surface area contributed by atoms with Crippen molar-refractivity contribution in [1.82, 2.24) is 0 Å². The molecule has 0 aliphatic carbocycles. The maximum Gasteiger partial charge on any atom is 0.242 e. The average molecular weight is 236 g/mol. The Labute approximate surface area is 101 Å². The predicted octanol–water partition coefficient (Wildman–Crippen LogP) is 4.51. The third-order valence-electron chi connectivity index (χ3n) is 2.36. The molecular formula is C14H24OSi. The van der Waals surface area contributed by atoms with Gasteiger partial charge in [-0.15, -0.1) is 0 Å². The maximum absolute atomic E-state index is 6.15. The van der Waals surface area contributed by atoms with Crippen LogP contribution in [0.15, 0.2) is 18.2 Å². The van der Waals surface area contributed by atoms with Gasteiger partial charge in [-0.05, 0) is 43.6 Å². The van der Waals surface area contributed by atoms with Crippen LogP contribution < -0.4 is 4.43 Å². The zero-order valence-electron chi connectivity index (χ0n) is 11.6. The largest absolute Gasteiger partial charge is 0.544 e. The van der Waals surface area contributed by atoms with Gasteiger partial charge in [0.1, 0.15) is 5.75 Å². The summed E-state index contributed by atoms with van der Waals surface area (Å²) in [5.74, 6) is 1.07. The topological polar surface area (TPSA) is 9.23 Å². The van der Waals surface area contributed by atoms with E-state index in [4.69, 9.17) is 4.43 Å². The fourth-order valence-corrected chi connectivity index (χ4v) is 2.49. The standard InChI is InChI=1S/C14H24OSi/c1-11-8-9-13(15-16(5,6)7)12(10-11)14(2,3)4/h8-10H,1-7H3. The molecule has 0 amide bonds. The van der Waals surface area contributed by atoms with E-state index in [1.54, 1.807) is 0 Å². The summed E-state index contributed by atoms with van der Waals surface area (Å²) in [7, 11) is -1.53. The minimum absolute atomic E-state index is 0.140. The molecule has 1 nitrogen and oxygen atoms in total. The van der Waals surface area contributed by atoms with Crippen molar-refractivity contribution in [2.24, 2.45) is 0 Å². The Morgan fingerprint density at radius 1 is 1.06 bits per heavy atom. The van der Waals surface area contributed by atoms with Crippen molar-refractivity contribution in [3.05, 3.63) is 29.3 Å². The van der Waals surface area contributed by atoms with E-state index in [9.17, 15) is 0 Å². The van der Waals surface area contributed by atoms with Crippen molar-refractivity contribution in [3.8, 4) is 5.75 Å². The second-order valence-corrected chi connectivity index (χ2v) is 10.9. The van der Waals surface area contributed by atoms with Crippen LogP contribution >= 0.6 is 0 Å². The van der Waals surface area contributed by atoms with Crippen LogP contribution in [-0.2, 0) is 5.41 Å². The molecule has 0 heterocycles. The molecule has 1 aromatic carbocycles. The lowest BCUT2D eigenvalue weighted by Crippen LogP contribution is -2.30. The van der Waals surface area contributed by atoms with E-state index in [1.807, 2.05) is 0 Å². The second kappa shape index (κ2) is 4.25. The van der Waals surface area contributed by atoms with Crippen molar-refractivity contribution in [3.63, 3.8) is 0 Å². The Morgan fingerprint density at radius 2 is 1.62 bits per heavy atom. The summed E-state index contributed by atoms with van der Waals surface area (Å²) >= 11 is 0. The molecule has 0 N–H and O–H groups in total. The summed E-state index contributed by atoms with van der Waals surface area (Å²) < 4.78 is 6.15. The lowest BCUT2D eigenvalue weighted by molar-refractivity contribution is 0.508. The Kier molecular flexibility index (Phi) is 3.53. The van der Waals surface area contributed by atoms with Crippen LogP contribution in [0.5, 0.6) is 5.75 Å². The van der Waals surface area contributed by atoms with Crippen molar-refractivity contribution >= 4 is 8.32 Å². The predicted molar refractivity (Wildman–Crippen MR) is 73.9 cm³/mol. The monoisotopic (exact) mass is 236 g/mol. The molecule has 0 aromatic heterocycles. The molecule has 1 aromatic rings. The summed E-state index contributed by atoms with van der Waals surface area (Å²) in [6, 6.07) is 6.49. The molecular weight excluding hydrogens is 212 g/mol. The van der Waals surface area contributed by atoms with E-state index in [-0.39, 0.29) is 5.41 Å². The smallest absolute Gasteiger partial charge is 0.242 e. The third-order valence-corrected chi connectivity index (χ3v) is 3.19. The minimum Gasteiger partial charge on any atom is -0.544 e. The van der Waals surface area contributed by atoms with Gasteiger partial charge < -0.3 is 4.43 Å². The minimum atomic E-state index is -1.53. The number of hydrogen-bond donors (Lipinski definition) is 0. The Bertz CT molecular complexity index is 369. The molecule has 2 heteroatoms. The number of rotatable bonds is 2. The summed E-state index contributed by atoms with van der Waals surface area (Å²) in [4.78, 5) is 0. The van der Waals surface area contributed by atoms with Crippen LogP contribution in [0.2, 0.25) is 19.6 Å². The van der Waals surface area contributed by atoms with E-state index in [0.717, 1.165) is 5.75 Å². The van der Waals surface area contributed by atoms with E-state index in [0.29, 0.717) is 0 Å². The lowest BCUT2D eigenvalue weighted by Gasteiger charge is -2.27. The van der Waals surface area contributed by atoms with Gasteiger partial charge >= 0.3 is 0 Å². The van der Waals surface area contributed by atoms with E-state index >= 15 is 0 Å². The zero-order valence-corrected chi connectivity index (χ0v) is 12.6. The molecule has 0 saturated heterocycles. The molecule has 0 saturated carbocycles. The molecule has 0 fully saturated rings. The fraction of sp³-hybridized carbons (Fsp3) is 0.571. The van der Waals surface area contributed by atoms with E-state index in [2.05, 4.69) is 65.5 Å². The Morgan fingerprint density at radius 3 is 2.06 bits per heavy atom. The molecule has 16 heavy (non-hydrogen) atoms. The van der Waals surface area contributed by atoms with Gasteiger partial charge in [0, 0.05) is 0 Å². The van der Waals surface area contributed by atoms with Crippen molar-refractivity contribution in [2.75, 3.05) is 0 Å².